The van der Waals surface area contributed by atoms with Crippen molar-refractivity contribution in [1.29, 1.82) is 0 Å². The fraction of sp³-hybridized carbons (Fsp3) is 0.158. The Balaban J connectivity index is 0.000000280. The number of benzene rings is 5. The van der Waals surface area contributed by atoms with Crippen molar-refractivity contribution >= 4 is 40.9 Å². The summed E-state index contributed by atoms with van der Waals surface area (Å²) >= 11 is 0. The molecule has 0 aliphatic heterocycles. The molecule has 0 saturated heterocycles. The maximum atomic E-state index is 10.8. The number of rotatable bonds is 13. The number of aromatic hydroxyl groups is 4. The maximum absolute atomic E-state index is 10.8. The smallest absolute Gasteiger partial charge is 0.273 e. The Morgan fingerprint density at radius 1 is 0.623 bits per heavy atom. The number of phenols is 4. The van der Waals surface area contributed by atoms with E-state index < -0.39 is 9.85 Å². The van der Waals surface area contributed by atoms with E-state index in [0.717, 1.165) is 37.7 Å². The third-order valence-electron chi connectivity index (χ3n) is 7.37. The Labute approximate surface area is 315 Å². The van der Waals surface area contributed by atoms with Gasteiger partial charge >= 0.3 is 0 Å². The average Bonchev–Trinajstić information content (AvgIpc) is 3.12. The minimum atomic E-state index is -0.608. The largest absolute Gasteiger partial charge is 0.507 e. The first-order chi connectivity index (χ1) is 25.0. The van der Waals surface area contributed by atoms with E-state index in [4.69, 9.17) is 4.74 Å². The molecule has 0 aliphatic carbocycles. The van der Waals surface area contributed by atoms with Gasteiger partial charge in [0.1, 0.15) is 45.9 Å². The van der Waals surface area contributed by atoms with Crippen molar-refractivity contribution < 1.29 is 51.5 Å². The molecule has 14 nitrogen and oxygen atoms in total. The van der Waals surface area contributed by atoms with E-state index in [-0.39, 0.29) is 62.2 Å². The Hall–Kier alpha value is -6.47. The van der Waals surface area contributed by atoms with Crippen molar-refractivity contribution in [3.8, 4) is 34.5 Å². The number of anilines is 1. The Bertz CT molecular complexity index is 2070. The van der Waals surface area contributed by atoms with Gasteiger partial charge < -0.3 is 30.1 Å². The molecule has 5 aromatic rings. The number of nitro benzene ring substituents is 2. The van der Waals surface area contributed by atoms with Crippen molar-refractivity contribution in [1.82, 2.24) is 0 Å². The standard InChI is InChI=1S/C19H23N3O4.C19H14N2O5.Ni/c1-3-9-21(10-4-2)15-6-5-14(19(24)12-15)13-20-17-11-16(22(25)26)7-8-18(17)23;22-18-9-7-16(26-15-4-2-1-3-5-15)10-13(18)12-20-17-8-6-14(21(24)25)11-19(17)23;/h5-8,11-13,23-24H,3-4,9-10H2,1-2H3;1-12,22-23H;. The van der Waals surface area contributed by atoms with Crippen LogP contribution in [-0.2, 0) is 16.5 Å². The van der Waals surface area contributed by atoms with Crippen molar-refractivity contribution in [2.45, 2.75) is 26.7 Å². The number of ether oxygens (including phenoxy) is 1. The monoisotopic (exact) mass is 765 g/mol. The molecule has 0 unspecified atom stereocenters. The Morgan fingerprint density at radius 3 is 1.85 bits per heavy atom. The van der Waals surface area contributed by atoms with Gasteiger partial charge in [-0.15, -0.1) is 0 Å². The SMILES string of the molecule is CCCN(CCC)c1ccc(C=Nc2cc([N+](=O)[O-])ccc2O)c(O)c1.O=[N+]([O-])c1ccc(N=Cc2cc(Oc3ccccc3)ccc2O)c(O)c1.[Ni]. The van der Waals surface area contributed by atoms with E-state index in [0.29, 0.717) is 22.6 Å². The molecule has 15 heteroatoms. The van der Waals surface area contributed by atoms with Crippen LogP contribution in [0.2, 0.25) is 0 Å². The first kappa shape index (κ1) is 41.0. The molecule has 0 spiro atoms. The van der Waals surface area contributed by atoms with Crippen molar-refractivity contribution in [3.05, 3.63) is 134 Å². The van der Waals surface area contributed by atoms with Crippen LogP contribution in [0.15, 0.2) is 113 Å². The van der Waals surface area contributed by atoms with Crippen LogP contribution in [0.4, 0.5) is 28.4 Å². The molecular formula is C38H37N5NiO9. The zero-order valence-corrected chi connectivity index (χ0v) is 29.7. The molecule has 0 heterocycles. The number of hydrogen-bond acceptors (Lipinski definition) is 12. The molecule has 0 saturated carbocycles. The van der Waals surface area contributed by atoms with Crippen LogP contribution in [-0.4, -0.2) is 55.8 Å². The van der Waals surface area contributed by atoms with Crippen LogP contribution in [0.1, 0.15) is 37.8 Å². The van der Waals surface area contributed by atoms with Gasteiger partial charge in [-0.05, 0) is 67.4 Å². The minimum Gasteiger partial charge on any atom is -0.507 e. The molecule has 0 atom stereocenters. The Morgan fingerprint density at radius 2 is 1.23 bits per heavy atom. The van der Waals surface area contributed by atoms with Crippen molar-refractivity contribution in [2.75, 3.05) is 18.0 Å². The molecule has 53 heavy (non-hydrogen) atoms. The predicted molar refractivity (Wildman–Crippen MR) is 200 cm³/mol. The van der Waals surface area contributed by atoms with Crippen LogP contribution in [0.3, 0.4) is 0 Å². The van der Waals surface area contributed by atoms with E-state index in [9.17, 15) is 40.7 Å². The van der Waals surface area contributed by atoms with Gasteiger partial charge in [-0.2, -0.15) is 0 Å². The second-order valence-electron chi connectivity index (χ2n) is 11.2. The summed E-state index contributed by atoms with van der Waals surface area (Å²) in [5, 5.41) is 61.4. The second kappa shape index (κ2) is 19.8. The molecule has 0 radical (unpaired) electrons. The van der Waals surface area contributed by atoms with Gasteiger partial charge in [-0.25, -0.2) is 0 Å². The summed E-state index contributed by atoms with van der Waals surface area (Å²) in [6, 6.07) is 26.3. The fourth-order valence-corrected chi connectivity index (χ4v) is 4.81. The van der Waals surface area contributed by atoms with Gasteiger partial charge in [-0.1, -0.05) is 32.0 Å². The number of nitro groups is 2. The van der Waals surface area contributed by atoms with Gasteiger partial charge in [-0.3, -0.25) is 30.2 Å². The zero-order chi connectivity index (χ0) is 37.6. The summed E-state index contributed by atoms with van der Waals surface area (Å²) < 4.78 is 5.69. The van der Waals surface area contributed by atoms with Crippen LogP contribution in [0.5, 0.6) is 34.5 Å². The molecule has 0 fully saturated rings. The zero-order valence-electron chi connectivity index (χ0n) is 28.7. The molecule has 0 bridgehead atoms. The normalized spacial score (nSPS) is 10.7. The van der Waals surface area contributed by atoms with Crippen LogP contribution in [0, 0.1) is 20.2 Å². The van der Waals surface area contributed by atoms with Gasteiger partial charge in [0.15, 0.2) is 0 Å². The minimum absolute atomic E-state index is 0. The van der Waals surface area contributed by atoms with Crippen molar-refractivity contribution in [3.63, 3.8) is 0 Å². The van der Waals surface area contributed by atoms with Crippen LogP contribution in [0.25, 0.3) is 0 Å². The summed E-state index contributed by atoms with van der Waals surface area (Å²) in [5.74, 6) is 0.702. The summed E-state index contributed by atoms with van der Waals surface area (Å²) in [7, 11) is 0. The molecule has 0 amide bonds. The van der Waals surface area contributed by atoms with Gasteiger partial charge in [0.25, 0.3) is 11.4 Å². The molecule has 5 aromatic carbocycles. The molecular weight excluding hydrogens is 729 g/mol. The van der Waals surface area contributed by atoms with Gasteiger partial charge in [0.2, 0.25) is 0 Å². The van der Waals surface area contributed by atoms with Crippen molar-refractivity contribution in [2.24, 2.45) is 9.98 Å². The summed E-state index contributed by atoms with van der Waals surface area (Å²) in [6.45, 7) is 6.02. The van der Waals surface area contributed by atoms with E-state index in [1.165, 1.54) is 48.8 Å². The molecule has 278 valence electrons. The maximum Gasteiger partial charge on any atom is 0.273 e. The number of nitrogens with zero attached hydrogens (tertiary/aromatic N) is 5. The number of aliphatic imine (C=N–C) groups is 2. The van der Waals surface area contributed by atoms with E-state index in [1.807, 2.05) is 24.3 Å². The average molecular weight is 766 g/mol. The van der Waals surface area contributed by atoms with Crippen LogP contribution >= 0.6 is 0 Å². The van der Waals surface area contributed by atoms with Crippen LogP contribution < -0.4 is 9.64 Å². The van der Waals surface area contributed by atoms with Gasteiger partial charge in [0, 0.05) is 83.1 Å². The third-order valence-corrected chi connectivity index (χ3v) is 7.37. The Kier molecular flexibility index (Phi) is 15.3. The van der Waals surface area contributed by atoms with E-state index >= 15 is 0 Å². The second-order valence-corrected chi connectivity index (χ2v) is 11.2. The molecule has 0 aromatic heterocycles. The third kappa shape index (κ3) is 11.8. The number of para-hydroxylation sites is 1. The van der Waals surface area contributed by atoms with E-state index in [1.54, 1.807) is 36.4 Å². The first-order valence-corrected chi connectivity index (χ1v) is 16.2. The quantitative estimate of drug-likeness (QED) is 0.0387. The number of non-ortho nitro benzene ring substituents is 2. The summed E-state index contributed by atoms with van der Waals surface area (Å²) in [5.41, 5.74) is 1.59. The van der Waals surface area contributed by atoms with Gasteiger partial charge in [0.05, 0.1) is 15.9 Å². The summed E-state index contributed by atoms with van der Waals surface area (Å²) in [6.07, 6.45) is 4.74. The number of phenolic OH excluding ortho intramolecular Hbond substituents is 4. The summed E-state index contributed by atoms with van der Waals surface area (Å²) in [4.78, 5) is 30.7. The molecule has 5 rings (SSSR count). The molecule has 4 N–H and O–H groups in total. The number of hydrogen-bond donors (Lipinski definition) is 4. The first-order valence-electron chi connectivity index (χ1n) is 16.2. The topological polar surface area (TPSA) is 204 Å². The molecule has 0 aliphatic rings. The fourth-order valence-electron chi connectivity index (χ4n) is 4.81. The predicted octanol–water partition coefficient (Wildman–Crippen LogP) is 8.93. The van der Waals surface area contributed by atoms with E-state index in [2.05, 4.69) is 28.7 Å².